The Kier molecular flexibility index (Phi) is 8.63. The zero-order valence-corrected chi connectivity index (χ0v) is 13.0. The van der Waals surface area contributed by atoms with Gasteiger partial charge < -0.3 is 15.5 Å². The summed E-state index contributed by atoms with van der Waals surface area (Å²) in [7, 11) is 0. The minimum Gasteiger partial charge on any atom is -0.357 e. The predicted octanol–water partition coefficient (Wildman–Crippen LogP) is 2.07. The van der Waals surface area contributed by atoms with E-state index >= 15 is 0 Å². The first kappa shape index (κ1) is 16.3. The molecule has 4 nitrogen and oxygen atoms in total. The molecule has 1 saturated heterocycles. The summed E-state index contributed by atoms with van der Waals surface area (Å²) in [6.07, 6.45) is 5.12. The average molecular weight is 268 g/mol. The maximum absolute atomic E-state index is 4.64. The van der Waals surface area contributed by atoms with Crippen molar-refractivity contribution in [3.63, 3.8) is 0 Å². The van der Waals surface area contributed by atoms with E-state index in [0.29, 0.717) is 0 Å². The first-order valence-electron chi connectivity index (χ1n) is 7.97. The van der Waals surface area contributed by atoms with Crippen LogP contribution in [0.15, 0.2) is 4.99 Å². The van der Waals surface area contributed by atoms with E-state index in [-0.39, 0.29) is 0 Å². The van der Waals surface area contributed by atoms with Crippen molar-refractivity contribution in [2.24, 2.45) is 10.9 Å². The van der Waals surface area contributed by atoms with Crippen LogP contribution in [0.4, 0.5) is 0 Å². The third kappa shape index (κ3) is 8.09. The van der Waals surface area contributed by atoms with Gasteiger partial charge in [0.2, 0.25) is 0 Å². The van der Waals surface area contributed by atoms with Crippen molar-refractivity contribution in [2.75, 3.05) is 39.3 Å². The number of rotatable bonds is 8. The van der Waals surface area contributed by atoms with Crippen molar-refractivity contribution in [1.82, 2.24) is 15.5 Å². The second kappa shape index (κ2) is 10.1. The minimum absolute atomic E-state index is 0.741. The van der Waals surface area contributed by atoms with Gasteiger partial charge in [0.15, 0.2) is 5.96 Å². The highest BCUT2D eigenvalue weighted by atomic mass is 15.2. The van der Waals surface area contributed by atoms with Crippen LogP contribution in [-0.4, -0.2) is 50.1 Å². The fraction of sp³-hybridized carbons (Fsp3) is 0.933. The average Bonchev–Trinajstić information content (AvgIpc) is 2.87. The van der Waals surface area contributed by atoms with Crippen molar-refractivity contribution in [3.8, 4) is 0 Å². The monoisotopic (exact) mass is 268 g/mol. The molecule has 1 heterocycles. The van der Waals surface area contributed by atoms with Crippen LogP contribution in [0, 0.1) is 5.92 Å². The van der Waals surface area contributed by atoms with Crippen molar-refractivity contribution in [2.45, 2.75) is 46.5 Å². The summed E-state index contributed by atoms with van der Waals surface area (Å²) in [5, 5.41) is 6.72. The van der Waals surface area contributed by atoms with Crippen molar-refractivity contribution in [1.29, 1.82) is 0 Å². The smallest absolute Gasteiger partial charge is 0.191 e. The lowest BCUT2D eigenvalue weighted by atomic mass is 10.1. The van der Waals surface area contributed by atoms with E-state index in [9.17, 15) is 0 Å². The Morgan fingerprint density at radius 3 is 2.58 bits per heavy atom. The normalized spacial score (nSPS) is 17.2. The second-order valence-electron chi connectivity index (χ2n) is 5.77. The first-order valence-corrected chi connectivity index (χ1v) is 7.97. The van der Waals surface area contributed by atoms with Gasteiger partial charge in [0.05, 0.1) is 0 Å². The van der Waals surface area contributed by atoms with Gasteiger partial charge in [-0.25, -0.2) is 0 Å². The third-order valence-electron chi connectivity index (χ3n) is 3.46. The topological polar surface area (TPSA) is 39.7 Å². The molecule has 0 amide bonds. The van der Waals surface area contributed by atoms with E-state index in [1.165, 1.54) is 45.3 Å². The van der Waals surface area contributed by atoms with Crippen LogP contribution in [0.5, 0.6) is 0 Å². The van der Waals surface area contributed by atoms with E-state index in [1.54, 1.807) is 0 Å². The molecule has 1 aliphatic rings. The van der Waals surface area contributed by atoms with Crippen molar-refractivity contribution < 1.29 is 0 Å². The molecule has 2 N–H and O–H groups in total. The highest BCUT2D eigenvalue weighted by Gasteiger charge is 2.09. The van der Waals surface area contributed by atoms with E-state index < -0.39 is 0 Å². The molecule has 1 fully saturated rings. The summed E-state index contributed by atoms with van der Waals surface area (Å²) in [5.74, 6) is 1.72. The zero-order valence-electron chi connectivity index (χ0n) is 13.0. The number of nitrogens with zero attached hydrogens (tertiary/aromatic N) is 2. The van der Waals surface area contributed by atoms with E-state index in [1.807, 2.05) is 0 Å². The quantitative estimate of drug-likeness (QED) is 0.402. The summed E-state index contributed by atoms with van der Waals surface area (Å²) in [4.78, 5) is 7.19. The largest absolute Gasteiger partial charge is 0.357 e. The Balaban J connectivity index is 2.15. The molecule has 0 atom stereocenters. The van der Waals surface area contributed by atoms with Gasteiger partial charge in [-0.1, -0.05) is 13.8 Å². The molecule has 1 aliphatic heterocycles. The Bertz CT molecular complexity index is 245. The van der Waals surface area contributed by atoms with Crippen LogP contribution in [0.1, 0.15) is 46.5 Å². The SMILES string of the molecule is CCNC(=NCCCN1CCCC1)NCCC(C)C. The lowest BCUT2D eigenvalue weighted by molar-refractivity contribution is 0.336. The number of hydrogen-bond acceptors (Lipinski definition) is 2. The standard InChI is InChI=1S/C15H32N4/c1-4-16-15(18-10-8-14(2)3)17-9-7-13-19-11-5-6-12-19/h14H,4-13H2,1-3H3,(H2,16,17,18). The first-order chi connectivity index (χ1) is 9.22. The predicted molar refractivity (Wildman–Crippen MR) is 83.7 cm³/mol. The second-order valence-corrected chi connectivity index (χ2v) is 5.77. The van der Waals surface area contributed by atoms with Gasteiger partial charge in [-0.15, -0.1) is 0 Å². The van der Waals surface area contributed by atoms with Gasteiger partial charge in [-0.05, 0) is 58.2 Å². The highest BCUT2D eigenvalue weighted by molar-refractivity contribution is 5.79. The van der Waals surface area contributed by atoms with Crippen LogP contribution in [0.2, 0.25) is 0 Å². The maximum Gasteiger partial charge on any atom is 0.191 e. The van der Waals surface area contributed by atoms with Crippen LogP contribution in [-0.2, 0) is 0 Å². The lowest BCUT2D eigenvalue weighted by Crippen LogP contribution is -2.38. The molecule has 0 saturated carbocycles. The van der Waals surface area contributed by atoms with Gasteiger partial charge >= 0.3 is 0 Å². The lowest BCUT2D eigenvalue weighted by Gasteiger charge is -2.14. The maximum atomic E-state index is 4.64. The Morgan fingerprint density at radius 2 is 1.95 bits per heavy atom. The van der Waals surface area contributed by atoms with Crippen LogP contribution < -0.4 is 10.6 Å². The van der Waals surface area contributed by atoms with E-state index in [4.69, 9.17) is 0 Å². The summed E-state index contributed by atoms with van der Waals surface area (Å²) < 4.78 is 0. The summed E-state index contributed by atoms with van der Waals surface area (Å²) in [6, 6.07) is 0. The van der Waals surface area contributed by atoms with Crippen LogP contribution >= 0.6 is 0 Å². The number of guanidine groups is 1. The van der Waals surface area contributed by atoms with Gasteiger partial charge in [0, 0.05) is 19.6 Å². The van der Waals surface area contributed by atoms with Crippen LogP contribution in [0.25, 0.3) is 0 Å². The zero-order chi connectivity index (χ0) is 13.9. The fourth-order valence-corrected chi connectivity index (χ4v) is 2.31. The molecule has 0 spiro atoms. The number of aliphatic imine (C=N–C) groups is 1. The number of likely N-dealkylation sites (tertiary alicyclic amines) is 1. The molecule has 4 heteroatoms. The Morgan fingerprint density at radius 1 is 1.21 bits per heavy atom. The third-order valence-corrected chi connectivity index (χ3v) is 3.46. The van der Waals surface area contributed by atoms with Crippen molar-refractivity contribution in [3.05, 3.63) is 0 Å². The Hall–Kier alpha value is -0.770. The highest BCUT2D eigenvalue weighted by Crippen LogP contribution is 2.07. The number of nitrogens with one attached hydrogen (secondary N) is 2. The molecule has 1 rings (SSSR count). The van der Waals surface area contributed by atoms with Crippen LogP contribution in [0.3, 0.4) is 0 Å². The summed E-state index contributed by atoms with van der Waals surface area (Å²) in [5.41, 5.74) is 0. The molecule has 0 aliphatic carbocycles. The van der Waals surface area contributed by atoms with Crippen molar-refractivity contribution >= 4 is 5.96 Å². The van der Waals surface area contributed by atoms with Gasteiger partial charge in [0.25, 0.3) is 0 Å². The molecule has 112 valence electrons. The molecule has 0 bridgehead atoms. The molecular weight excluding hydrogens is 236 g/mol. The molecule has 0 aromatic carbocycles. The molecule has 0 aromatic heterocycles. The molecular formula is C15H32N4. The summed E-state index contributed by atoms with van der Waals surface area (Å²) in [6.45, 7) is 13.3. The molecule has 19 heavy (non-hydrogen) atoms. The fourth-order valence-electron chi connectivity index (χ4n) is 2.31. The molecule has 0 aromatic rings. The van der Waals surface area contributed by atoms with E-state index in [0.717, 1.165) is 31.5 Å². The van der Waals surface area contributed by atoms with Gasteiger partial charge in [-0.2, -0.15) is 0 Å². The molecule has 0 radical (unpaired) electrons. The number of hydrogen-bond donors (Lipinski definition) is 2. The van der Waals surface area contributed by atoms with Gasteiger partial charge in [-0.3, -0.25) is 4.99 Å². The minimum atomic E-state index is 0.741. The molecule has 0 unspecified atom stereocenters. The van der Waals surface area contributed by atoms with E-state index in [2.05, 4.69) is 41.3 Å². The summed E-state index contributed by atoms with van der Waals surface area (Å²) >= 11 is 0. The Labute approximate surface area is 119 Å². The van der Waals surface area contributed by atoms with Gasteiger partial charge in [0.1, 0.15) is 0 Å².